The number of nitrogens with one attached hydrogen (secondary N) is 1. The van der Waals surface area contributed by atoms with Crippen LogP contribution in [0.3, 0.4) is 0 Å². The smallest absolute Gasteiger partial charge is 0.322 e. The lowest BCUT2D eigenvalue weighted by atomic mass is 10.00. The highest BCUT2D eigenvalue weighted by Gasteiger charge is 2.46. The molecule has 1 aromatic rings. The van der Waals surface area contributed by atoms with E-state index in [2.05, 4.69) is 10.4 Å². The van der Waals surface area contributed by atoms with Crippen molar-refractivity contribution in [3.05, 3.63) is 34.6 Å². The van der Waals surface area contributed by atoms with E-state index in [9.17, 15) is 14.0 Å². The van der Waals surface area contributed by atoms with Gasteiger partial charge in [0, 0.05) is 5.56 Å². The monoisotopic (exact) mass is 297 g/mol. The third-order valence-corrected chi connectivity index (χ3v) is 3.58. The van der Waals surface area contributed by atoms with Crippen LogP contribution < -0.4 is 5.32 Å². The van der Waals surface area contributed by atoms with Crippen LogP contribution in [0.4, 0.5) is 9.18 Å². The molecule has 20 heavy (non-hydrogen) atoms. The zero-order valence-electron chi connectivity index (χ0n) is 11.0. The molecule has 1 saturated heterocycles. The van der Waals surface area contributed by atoms with Gasteiger partial charge in [-0.3, -0.25) is 4.79 Å². The predicted octanol–water partition coefficient (Wildman–Crippen LogP) is 2.53. The van der Waals surface area contributed by atoms with Crippen LogP contribution in [0.25, 0.3) is 0 Å². The van der Waals surface area contributed by atoms with Crippen molar-refractivity contribution in [3.8, 4) is 0 Å². The van der Waals surface area contributed by atoms with Gasteiger partial charge in [-0.15, -0.1) is 5.01 Å². The number of hydrogen-bond acceptors (Lipinski definition) is 3. The van der Waals surface area contributed by atoms with E-state index in [1.54, 1.807) is 13.8 Å². The third-order valence-electron chi connectivity index (χ3n) is 3.25. The second-order valence-electron chi connectivity index (χ2n) is 4.61. The van der Waals surface area contributed by atoms with Crippen LogP contribution >= 0.6 is 11.6 Å². The normalized spacial score (nSPS) is 22.7. The lowest BCUT2D eigenvalue weighted by Gasteiger charge is -2.17. The summed E-state index contributed by atoms with van der Waals surface area (Å²) in [5, 5.41) is 7.12. The quantitative estimate of drug-likeness (QED) is 0.688. The highest BCUT2D eigenvalue weighted by atomic mass is 35.5. The van der Waals surface area contributed by atoms with Crippen molar-refractivity contribution in [1.82, 2.24) is 10.3 Å². The zero-order chi connectivity index (χ0) is 14.9. The molecule has 106 valence electrons. The Balaban J connectivity index is 2.29. The lowest BCUT2D eigenvalue weighted by Crippen LogP contribution is -2.42. The second-order valence-corrected chi connectivity index (χ2v) is 5.02. The maximum absolute atomic E-state index is 13.6. The number of rotatable bonds is 3. The summed E-state index contributed by atoms with van der Waals surface area (Å²) >= 11 is 5.84. The van der Waals surface area contributed by atoms with E-state index in [1.165, 1.54) is 18.2 Å². The van der Waals surface area contributed by atoms with Gasteiger partial charge in [-0.1, -0.05) is 24.6 Å². The molecule has 5 nitrogen and oxygen atoms in total. The Morgan fingerprint density at radius 2 is 2.20 bits per heavy atom. The Kier molecular flexibility index (Phi) is 3.76. The molecule has 3 amide bonds. The highest BCUT2D eigenvalue weighted by Crippen LogP contribution is 2.22. The first-order chi connectivity index (χ1) is 9.39. The summed E-state index contributed by atoms with van der Waals surface area (Å²) in [6.45, 7) is 3.39. The molecule has 0 unspecified atom stereocenters. The Bertz CT molecular complexity index is 585. The fraction of sp³-hybridized carbons (Fsp3) is 0.308. The van der Waals surface area contributed by atoms with Gasteiger partial charge < -0.3 is 5.32 Å². The molecule has 2 rings (SSSR count). The van der Waals surface area contributed by atoms with E-state index < -0.39 is 23.3 Å². The van der Waals surface area contributed by atoms with Crippen molar-refractivity contribution in [2.75, 3.05) is 0 Å². The second kappa shape index (κ2) is 5.20. The molecule has 0 aromatic heterocycles. The van der Waals surface area contributed by atoms with Crippen LogP contribution in [-0.4, -0.2) is 28.7 Å². The van der Waals surface area contributed by atoms with Crippen LogP contribution in [0.15, 0.2) is 23.3 Å². The zero-order valence-corrected chi connectivity index (χ0v) is 11.7. The molecular formula is C13H13ClFN3O2. The Morgan fingerprint density at radius 3 is 2.75 bits per heavy atom. The SMILES string of the molecule is CC[C@]1(C)NC(=O)N(/N=C\c2c(F)cccc2Cl)C1=O. The van der Waals surface area contributed by atoms with Crippen LogP contribution in [0.2, 0.25) is 5.02 Å². The third kappa shape index (κ3) is 2.38. The molecule has 0 aliphatic carbocycles. The van der Waals surface area contributed by atoms with Gasteiger partial charge in [0.2, 0.25) is 0 Å². The molecule has 1 aliphatic rings. The average Bonchev–Trinajstić information content (AvgIpc) is 2.61. The van der Waals surface area contributed by atoms with Gasteiger partial charge in [0.25, 0.3) is 5.91 Å². The average molecular weight is 298 g/mol. The maximum Gasteiger partial charge on any atom is 0.346 e. The lowest BCUT2D eigenvalue weighted by molar-refractivity contribution is -0.130. The summed E-state index contributed by atoms with van der Waals surface area (Å²) in [7, 11) is 0. The summed E-state index contributed by atoms with van der Waals surface area (Å²) in [5.74, 6) is -1.06. The van der Waals surface area contributed by atoms with Crippen molar-refractivity contribution < 1.29 is 14.0 Å². The molecule has 1 aromatic carbocycles. The highest BCUT2D eigenvalue weighted by molar-refractivity contribution is 6.33. The Morgan fingerprint density at radius 1 is 1.50 bits per heavy atom. The number of hydrazone groups is 1. The molecule has 0 saturated carbocycles. The van der Waals surface area contributed by atoms with Crippen LogP contribution in [0, 0.1) is 5.82 Å². The largest absolute Gasteiger partial charge is 0.346 e. The molecule has 0 spiro atoms. The molecule has 1 fully saturated rings. The fourth-order valence-electron chi connectivity index (χ4n) is 1.76. The summed E-state index contributed by atoms with van der Waals surface area (Å²) in [5.41, 5.74) is -0.951. The van der Waals surface area contributed by atoms with E-state index in [4.69, 9.17) is 11.6 Å². The van der Waals surface area contributed by atoms with E-state index >= 15 is 0 Å². The topological polar surface area (TPSA) is 61.8 Å². The standard InChI is InChI=1S/C13H13ClFN3O2/c1-3-13(2)11(19)18(12(20)17-13)16-7-8-9(14)5-4-6-10(8)15/h4-7H,3H2,1-2H3,(H,17,20)/b16-7-/t13-/m0/s1. The van der Waals surface area contributed by atoms with Crippen molar-refractivity contribution in [2.24, 2.45) is 5.10 Å². The number of nitrogens with zero attached hydrogens (tertiary/aromatic N) is 2. The minimum absolute atomic E-state index is 0.0277. The molecule has 7 heteroatoms. The maximum atomic E-state index is 13.6. The number of carbonyl (C=O) groups is 2. The fourth-order valence-corrected chi connectivity index (χ4v) is 1.97. The Hall–Kier alpha value is -1.95. The number of halogens is 2. The van der Waals surface area contributed by atoms with Gasteiger partial charge in [0.1, 0.15) is 11.4 Å². The number of benzene rings is 1. The van der Waals surface area contributed by atoms with Gasteiger partial charge in [-0.25, -0.2) is 9.18 Å². The molecular weight excluding hydrogens is 285 g/mol. The number of urea groups is 1. The van der Waals surface area contributed by atoms with Crippen LogP contribution in [-0.2, 0) is 4.79 Å². The first kappa shape index (κ1) is 14.5. The van der Waals surface area contributed by atoms with Gasteiger partial charge in [-0.05, 0) is 25.5 Å². The van der Waals surface area contributed by atoms with Gasteiger partial charge in [0.05, 0.1) is 11.2 Å². The number of amides is 3. The molecule has 0 radical (unpaired) electrons. The van der Waals surface area contributed by atoms with Crippen molar-refractivity contribution in [3.63, 3.8) is 0 Å². The van der Waals surface area contributed by atoms with E-state index in [1.807, 2.05) is 0 Å². The molecule has 1 atom stereocenters. The first-order valence-corrected chi connectivity index (χ1v) is 6.41. The minimum atomic E-state index is -0.979. The van der Waals surface area contributed by atoms with Gasteiger partial charge >= 0.3 is 6.03 Å². The summed E-state index contributed by atoms with van der Waals surface area (Å²) in [4.78, 5) is 23.8. The molecule has 1 N–H and O–H groups in total. The van der Waals surface area contributed by atoms with Crippen LogP contribution in [0.1, 0.15) is 25.8 Å². The van der Waals surface area contributed by atoms with E-state index in [0.29, 0.717) is 11.4 Å². The first-order valence-electron chi connectivity index (χ1n) is 6.03. The van der Waals surface area contributed by atoms with Crippen molar-refractivity contribution in [2.45, 2.75) is 25.8 Å². The van der Waals surface area contributed by atoms with E-state index in [0.717, 1.165) is 6.21 Å². The number of hydrogen-bond donors (Lipinski definition) is 1. The number of imide groups is 1. The number of carbonyl (C=O) groups excluding carboxylic acids is 2. The predicted molar refractivity (Wildman–Crippen MR) is 73.1 cm³/mol. The van der Waals surface area contributed by atoms with Crippen molar-refractivity contribution >= 4 is 29.8 Å². The summed E-state index contributed by atoms with van der Waals surface area (Å²) in [6, 6.07) is 3.53. The van der Waals surface area contributed by atoms with Gasteiger partial charge in [-0.2, -0.15) is 5.10 Å². The van der Waals surface area contributed by atoms with Crippen LogP contribution in [0.5, 0.6) is 0 Å². The molecule has 1 heterocycles. The molecule has 0 bridgehead atoms. The van der Waals surface area contributed by atoms with Crippen molar-refractivity contribution in [1.29, 1.82) is 0 Å². The summed E-state index contributed by atoms with van der Waals surface area (Å²) < 4.78 is 13.6. The molecule has 1 aliphatic heterocycles. The van der Waals surface area contributed by atoms with Gasteiger partial charge in [0.15, 0.2) is 0 Å². The minimum Gasteiger partial charge on any atom is -0.322 e. The Labute approximate surface area is 120 Å². The van der Waals surface area contributed by atoms with E-state index in [-0.39, 0.29) is 10.6 Å². The summed E-state index contributed by atoms with van der Waals surface area (Å²) in [6.07, 6.45) is 1.50.